The summed E-state index contributed by atoms with van der Waals surface area (Å²) in [6.45, 7) is 8.49. The van der Waals surface area contributed by atoms with Gasteiger partial charge in [0.1, 0.15) is 5.75 Å². The normalized spacial score (nSPS) is 11.5. The molecule has 21 heavy (non-hydrogen) atoms. The molecule has 2 rings (SSSR count). The summed E-state index contributed by atoms with van der Waals surface area (Å²) in [6.07, 6.45) is 0. The molecule has 2 nitrogen and oxygen atoms in total. The SMILES string of the molecule is Cc1ccc(OCC(=O)c2ccc(Cl)s2)c(C(C)(C)C)c1. The highest BCUT2D eigenvalue weighted by Crippen LogP contribution is 2.32. The minimum Gasteiger partial charge on any atom is -0.485 e. The van der Waals surface area contributed by atoms with Gasteiger partial charge < -0.3 is 4.74 Å². The number of ether oxygens (including phenoxy) is 1. The fourth-order valence-corrected chi connectivity index (χ4v) is 3.00. The molecule has 112 valence electrons. The number of benzene rings is 1. The van der Waals surface area contributed by atoms with Gasteiger partial charge in [0, 0.05) is 0 Å². The lowest BCUT2D eigenvalue weighted by Crippen LogP contribution is -2.16. The van der Waals surface area contributed by atoms with Gasteiger partial charge in [0.05, 0.1) is 9.21 Å². The average molecular weight is 323 g/mol. The van der Waals surface area contributed by atoms with E-state index in [1.807, 2.05) is 12.1 Å². The number of ketones is 1. The zero-order valence-corrected chi connectivity index (χ0v) is 14.3. The van der Waals surface area contributed by atoms with Crippen LogP contribution in [-0.4, -0.2) is 12.4 Å². The third-order valence-corrected chi connectivity index (χ3v) is 4.42. The number of carbonyl (C=O) groups excluding carboxylic acids is 1. The van der Waals surface area contributed by atoms with Crippen molar-refractivity contribution < 1.29 is 9.53 Å². The van der Waals surface area contributed by atoms with Gasteiger partial charge >= 0.3 is 0 Å². The smallest absolute Gasteiger partial charge is 0.210 e. The van der Waals surface area contributed by atoms with Crippen LogP contribution in [0.15, 0.2) is 30.3 Å². The van der Waals surface area contributed by atoms with Crippen LogP contribution in [-0.2, 0) is 5.41 Å². The van der Waals surface area contributed by atoms with Gasteiger partial charge in [-0.05, 0) is 36.1 Å². The first kappa shape index (κ1) is 16.1. The second-order valence-corrected chi connectivity index (χ2v) is 7.78. The zero-order chi connectivity index (χ0) is 15.6. The van der Waals surface area contributed by atoms with Crippen LogP contribution in [0.2, 0.25) is 4.34 Å². The van der Waals surface area contributed by atoms with Gasteiger partial charge in [0.15, 0.2) is 6.61 Å². The molecule has 0 saturated carbocycles. The molecule has 4 heteroatoms. The molecule has 0 aliphatic rings. The Kier molecular flexibility index (Phi) is 4.74. The van der Waals surface area contributed by atoms with Crippen LogP contribution in [0.4, 0.5) is 0 Å². The molecule has 0 spiro atoms. The monoisotopic (exact) mass is 322 g/mol. The van der Waals surface area contributed by atoms with Crippen LogP contribution in [0, 0.1) is 6.92 Å². The Morgan fingerprint density at radius 1 is 1.24 bits per heavy atom. The van der Waals surface area contributed by atoms with Crippen molar-refractivity contribution in [1.82, 2.24) is 0 Å². The second-order valence-electron chi connectivity index (χ2n) is 6.07. The van der Waals surface area contributed by atoms with E-state index in [1.54, 1.807) is 12.1 Å². The highest BCUT2D eigenvalue weighted by atomic mass is 35.5. The number of rotatable bonds is 4. The largest absolute Gasteiger partial charge is 0.485 e. The molecule has 1 heterocycles. The lowest BCUT2D eigenvalue weighted by Gasteiger charge is -2.23. The van der Waals surface area contributed by atoms with E-state index in [0.717, 1.165) is 11.3 Å². The van der Waals surface area contributed by atoms with E-state index in [2.05, 4.69) is 33.8 Å². The Balaban J connectivity index is 2.15. The Morgan fingerprint density at radius 3 is 2.52 bits per heavy atom. The molecule has 0 aliphatic heterocycles. The molecule has 0 fully saturated rings. The van der Waals surface area contributed by atoms with Gasteiger partial charge in [0.25, 0.3) is 0 Å². The van der Waals surface area contributed by atoms with Gasteiger partial charge in [-0.15, -0.1) is 11.3 Å². The zero-order valence-electron chi connectivity index (χ0n) is 12.7. The summed E-state index contributed by atoms with van der Waals surface area (Å²) in [5, 5.41) is 0. The number of halogens is 1. The van der Waals surface area contributed by atoms with E-state index < -0.39 is 0 Å². The van der Waals surface area contributed by atoms with Gasteiger partial charge in [0.2, 0.25) is 5.78 Å². The lowest BCUT2D eigenvalue weighted by atomic mass is 9.85. The number of hydrogen-bond acceptors (Lipinski definition) is 3. The summed E-state index contributed by atoms with van der Waals surface area (Å²) in [5.41, 5.74) is 2.26. The number of Topliss-reactive ketones (excluding diaryl/α,β-unsaturated/α-hetero) is 1. The fourth-order valence-electron chi connectivity index (χ4n) is 2.03. The molecule has 2 aromatic rings. The third kappa shape index (κ3) is 4.08. The summed E-state index contributed by atoms with van der Waals surface area (Å²) < 4.78 is 6.37. The van der Waals surface area contributed by atoms with Crippen LogP contribution >= 0.6 is 22.9 Å². The molecule has 0 bridgehead atoms. The summed E-state index contributed by atoms with van der Waals surface area (Å²) in [5.74, 6) is 0.719. The minimum absolute atomic E-state index is 0.0307. The molecule has 1 aromatic heterocycles. The van der Waals surface area contributed by atoms with Crippen LogP contribution in [0.1, 0.15) is 41.6 Å². The minimum atomic E-state index is -0.0488. The number of carbonyl (C=O) groups is 1. The van der Waals surface area contributed by atoms with E-state index in [1.165, 1.54) is 16.9 Å². The van der Waals surface area contributed by atoms with E-state index in [9.17, 15) is 4.79 Å². The van der Waals surface area contributed by atoms with Crippen molar-refractivity contribution in [3.8, 4) is 5.75 Å². The van der Waals surface area contributed by atoms with E-state index in [-0.39, 0.29) is 17.8 Å². The molecule has 0 N–H and O–H groups in total. The Labute approximate surface area is 134 Å². The molecular formula is C17H19ClO2S. The molecule has 0 aliphatic carbocycles. The molecular weight excluding hydrogens is 304 g/mol. The molecule has 0 unspecified atom stereocenters. The fraction of sp³-hybridized carbons (Fsp3) is 0.353. The predicted octanol–water partition coefficient (Wildman–Crippen LogP) is 5.27. The quantitative estimate of drug-likeness (QED) is 0.717. The van der Waals surface area contributed by atoms with Crippen LogP contribution < -0.4 is 4.74 Å². The molecule has 0 radical (unpaired) electrons. The Hall–Kier alpha value is -1.32. The van der Waals surface area contributed by atoms with Crippen molar-refractivity contribution in [2.45, 2.75) is 33.1 Å². The maximum atomic E-state index is 12.1. The van der Waals surface area contributed by atoms with Crippen LogP contribution in [0.5, 0.6) is 5.75 Å². The van der Waals surface area contributed by atoms with Crippen molar-refractivity contribution in [1.29, 1.82) is 0 Å². The van der Waals surface area contributed by atoms with Crippen molar-refractivity contribution in [2.24, 2.45) is 0 Å². The van der Waals surface area contributed by atoms with Crippen LogP contribution in [0.3, 0.4) is 0 Å². The van der Waals surface area contributed by atoms with Crippen molar-refractivity contribution >= 4 is 28.7 Å². The Morgan fingerprint density at radius 2 is 1.95 bits per heavy atom. The topological polar surface area (TPSA) is 26.3 Å². The first-order valence-corrected chi connectivity index (χ1v) is 7.99. The van der Waals surface area contributed by atoms with Gasteiger partial charge in [-0.2, -0.15) is 0 Å². The van der Waals surface area contributed by atoms with Gasteiger partial charge in [-0.3, -0.25) is 4.79 Å². The number of hydrogen-bond donors (Lipinski definition) is 0. The molecule has 0 atom stereocenters. The summed E-state index contributed by atoms with van der Waals surface area (Å²) in [4.78, 5) is 12.7. The van der Waals surface area contributed by atoms with Gasteiger partial charge in [-0.25, -0.2) is 0 Å². The second kappa shape index (κ2) is 6.20. The number of aryl methyl sites for hydroxylation is 1. The van der Waals surface area contributed by atoms with Crippen LogP contribution in [0.25, 0.3) is 0 Å². The van der Waals surface area contributed by atoms with E-state index in [0.29, 0.717) is 9.21 Å². The third-order valence-electron chi connectivity index (χ3n) is 3.15. The van der Waals surface area contributed by atoms with Crippen molar-refractivity contribution in [3.05, 3.63) is 50.7 Å². The molecule has 1 aromatic carbocycles. The van der Waals surface area contributed by atoms with Crippen molar-refractivity contribution in [2.75, 3.05) is 6.61 Å². The molecule has 0 saturated heterocycles. The lowest BCUT2D eigenvalue weighted by molar-refractivity contribution is 0.0924. The maximum absolute atomic E-state index is 12.1. The summed E-state index contributed by atoms with van der Waals surface area (Å²) in [7, 11) is 0. The van der Waals surface area contributed by atoms with E-state index >= 15 is 0 Å². The standard InChI is InChI=1S/C17H19ClO2S/c1-11-5-6-14(12(9-11)17(2,3)4)20-10-13(19)15-7-8-16(18)21-15/h5-9H,10H2,1-4H3. The molecule has 0 amide bonds. The van der Waals surface area contributed by atoms with Crippen molar-refractivity contribution in [3.63, 3.8) is 0 Å². The maximum Gasteiger partial charge on any atom is 0.210 e. The summed E-state index contributed by atoms with van der Waals surface area (Å²) in [6, 6.07) is 9.51. The highest BCUT2D eigenvalue weighted by molar-refractivity contribution is 7.18. The van der Waals surface area contributed by atoms with Gasteiger partial charge in [-0.1, -0.05) is 50.1 Å². The first-order chi connectivity index (χ1) is 9.77. The Bertz CT molecular complexity index is 653. The first-order valence-electron chi connectivity index (χ1n) is 6.80. The highest BCUT2D eigenvalue weighted by Gasteiger charge is 2.20. The average Bonchev–Trinajstić information content (AvgIpc) is 2.82. The summed E-state index contributed by atoms with van der Waals surface area (Å²) >= 11 is 7.13. The predicted molar refractivity (Wildman–Crippen MR) is 89.0 cm³/mol. The number of thiophene rings is 1. The van der Waals surface area contributed by atoms with E-state index in [4.69, 9.17) is 16.3 Å².